The van der Waals surface area contributed by atoms with Crippen LogP contribution in [0, 0.1) is 28.1 Å². The number of urea groups is 1. The van der Waals surface area contributed by atoms with Gasteiger partial charge in [-0.15, -0.1) is 0 Å². The van der Waals surface area contributed by atoms with Gasteiger partial charge in [0.1, 0.15) is 18.1 Å². The third kappa shape index (κ3) is 10.1. The molecule has 5 N–H and O–H groups in total. The SMILES string of the molecule is CC(C)(C)[C@H](NC(=O)N[C@H](CNS(C)(=O)=O)C(C)(C)C)C(=O)N1C[C@H]2[C@@H]([C@H]1C(=O)N[C@@H](CC(F)F)C(=O)NCc1ccccn1)C2(C)C. The molecule has 1 aromatic heterocycles. The number of likely N-dealkylation sites (tertiary alicyclic amines) is 1. The molecule has 1 saturated carbocycles. The van der Waals surface area contributed by atoms with E-state index in [1.165, 1.54) is 11.1 Å². The zero-order chi connectivity index (χ0) is 36.4. The summed E-state index contributed by atoms with van der Waals surface area (Å²) in [6.07, 6.45) is -1.27. The maximum atomic E-state index is 14.2. The number of alkyl halides is 2. The number of fused-ring (bicyclic) bond motifs is 1. The normalized spacial score (nSPS) is 22.2. The minimum Gasteiger partial charge on any atom is -0.349 e. The van der Waals surface area contributed by atoms with Crippen molar-refractivity contribution in [1.82, 2.24) is 35.9 Å². The molecule has 270 valence electrons. The van der Waals surface area contributed by atoms with E-state index in [1.54, 1.807) is 39.0 Å². The Morgan fingerprint density at radius 1 is 1.02 bits per heavy atom. The molecule has 0 unspecified atom stereocenters. The summed E-state index contributed by atoms with van der Waals surface area (Å²) in [6, 6.07) is -0.00366. The number of carbonyl (C=O) groups excluding carboxylic acids is 4. The third-order valence-electron chi connectivity index (χ3n) is 9.27. The van der Waals surface area contributed by atoms with Crippen LogP contribution in [0.4, 0.5) is 13.6 Å². The molecule has 0 radical (unpaired) electrons. The minimum absolute atomic E-state index is 0.0254. The monoisotopic (exact) mass is 699 g/mol. The molecule has 1 aliphatic heterocycles. The van der Waals surface area contributed by atoms with E-state index >= 15 is 0 Å². The first-order valence-corrected chi connectivity index (χ1v) is 17.9. The van der Waals surface area contributed by atoms with Crippen LogP contribution in [-0.2, 0) is 31.0 Å². The second kappa shape index (κ2) is 14.6. The molecule has 0 bridgehead atoms. The van der Waals surface area contributed by atoms with Gasteiger partial charge in [-0.05, 0) is 40.2 Å². The quantitative estimate of drug-likeness (QED) is 0.209. The van der Waals surface area contributed by atoms with Gasteiger partial charge in [0.25, 0.3) is 0 Å². The summed E-state index contributed by atoms with van der Waals surface area (Å²) < 4.78 is 53.0. The van der Waals surface area contributed by atoms with Crippen molar-refractivity contribution in [3.8, 4) is 0 Å². The van der Waals surface area contributed by atoms with Crippen molar-refractivity contribution in [2.45, 2.75) is 98.9 Å². The van der Waals surface area contributed by atoms with Crippen molar-refractivity contribution < 1.29 is 36.4 Å². The number of nitrogens with zero attached hydrogens (tertiary/aromatic N) is 2. The summed E-state index contributed by atoms with van der Waals surface area (Å²) in [5, 5.41) is 10.6. The number of pyridine rings is 1. The van der Waals surface area contributed by atoms with E-state index in [9.17, 15) is 36.4 Å². The molecule has 0 aromatic carbocycles. The fourth-order valence-corrected chi connectivity index (χ4v) is 6.71. The van der Waals surface area contributed by atoms with Crippen LogP contribution >= 0.6 is 0 Å². The third-order valence-corrected chi connectivity index (χ3v) is 9.96. The van der Waals surface area contributed by atoms with Crippen molar-refractivity contribution >= 4 is 33.8 Å². The number of hydrogen-bond acceptors (Lipinski definition) is 7. The molecular formula is C32H51F2N7O6S. The Labute approximate surface area is 282 Å². The molecule has 5 amide bonds. The number of amides is 5. The Bertz CT molecular complexity index is 1450. The Morgan fingerprint density at radius 2 is 1.67 bits per heavy atom. The number of hydrogen-bond donors (Lipinski definition) is 5. The zero-order valence-corrected chi connectivity index (χ0v) is 30.0. The number of aromatic nitrogens is 1. The average molecular weight is 700 g/mol. The van der Waals surface area contributed by atoms with Crippen molar-refractivity contribution in [2.24, 2.45) is 28.1 Å². The summed E-state index contributed by atoms with van der Waals surface area (Å²) in [6.45, 7) is 14.8. The van der Waals surface area contributed by atoms with Gasteiger partial charge in [0.2, 0.25) is 34.2 Å². The molecule has 6 atom stereocenters. The zero-order valence-electron chi connectivity index (χ0n) is 29.2. The Kier molecular flexibility index (Phi) is 11.9. The van der Waals surface area contributed by atoms with Crippen molar-refractivity contribution in [1.29, 1.82) is 0 Å². The van der Waals surface area contributed by atoms with Crippen LogP contribution < -0.4 is 26.0 Å². The van der Waals surface area contributed by atoms with Gasteiger partial charge in [-0.1, -0.05) is 61.5 Å². The minimum atomic E-state index is -3.54. The summed E-state index contributed by atoms with van der Waals surface area (Å²) in [5.41, 5.74) is -1.19. The van der Waals surface area contributed by atoms with Crippen LogP contribution in [0.5, 0.6) is 0 Å². The molecule has 13 nitrogen and oxygen atoms in total. The highest BCUT2D eigenvalue weighted by atomic mass is 32.2. The van der Waals surface area contributed by atoms with Crippen LogP contribution in [0.2, 0.25) is 0 Å². The van der Waals surface area contributed by atoms with Crippen LogP contribution in [0.3, 0.4) is 0 Å². The number of sulfonamides is 1. The summed E-state index contributed by atoms with van der Waals surface area (Å²) in [7, 11) is -3.54. The van der Waals surface area contributed by atoms with Crippen molar-refractivity contribution in [2.75, 3.05) is 19.3 Å². The molecule has 16 heteroatoms. The first-order chi connectivity index (χ1) is 21.9. The maximum Gasteiger partial charge on any atom is 0.315 e. The lowest BCUT2D eigenvalue weighted by molar-refractivity contribution is -0.144. The highest BCUT2D eigenvalue weighted by molar-refractivity contribution is 7.88. The standard InChI is InChI=1S/C32H51F2N7O6S/c1-30(2,3)21(16-37-48(9,46)47)39-29(45)40-25(31(4,5)6)28(44)41-17-19-23(32(19,7)8)24(41)27(43)38-20(14-22(33)34)26(42)36-15-18-12-10-11-13-35-18/h10-13,19-25,37H,14-17H2,1-9H3,(H,36,42)(H,38,43)(H2,39,40,45)/t19-,20-,21+,23-,24-,25+/m0/s1. The molecule has 2 heterocycles. The number of piperidine rings is 1. The van der Waals surface area contributed by atoms with Crippen molar-refractivity contribution in [3.05, 3.63) is 30.1 Å². The van der Waals surface area contributed by atoms with Gasteiger partial charge in [-0.2, -0.15) is 0 Å². The molecule has 1 aromatic rings. The van der Waals surface area contributed by atoms with E-state index in [4.69, 9.17) is 0 Å². The summed E-state index contributed by atoms with van der Waals surface area (Å²) in [5.74, 6) is -2.40. The second-order valence-electron chi connectivity index (χ2n) is 15.6. The number of halogens is 2. The first-order valence-electron chi connectivity index (χ1n) is 16.0. The smallest absolute Gasteiger partial charge is 0.315 e. The Balaban J connectivity index is 1.81. The number of rotatable bonds is 13. The van der Waals surface area contributed by atoms with Crippen LogP contribution in [-0.4, -0.2) is 92.0 Å². The van der Waals surface area contributed by atoms with Gasteiger partial charge in [0.05, 0.1) is 18.5 Å². The van der Waals surface area contributed by atoms with Gasteiger partial charge in [0, 0.05) is 31.7 Å². The molecule has 48 heavy (non-hydrogen) atoms. The molecule has 2 fully saturated rings. The van der Waals surface area contributed by atoms with Gasteiger partial charge in [-0.25, -0.2) is 26.7 Å². The largest absolute Gasteiger partial charge is 0.349 e. The Morgan fingerprint density at radius 3 is 2.19 bits per heavy atom. The molecule has 1 saturated heterocycles. The maximum absolute atomic E-state index is 14.2. The van der Waals surface area contributed by atoms with Gasteiger partial charge >= 0.3 is 6.03 Å². The number of carbonyl (C=O) groups is 4. The molecular weight excluding hydrogens is 648 g/mol. The highest BCUT2D eigenvalue weighted by Crippen LogP contribution is 2.65. The van der Waals surface area contributed by atoms with E-state index in [0.29, 0.717) is 5.69 Å². The topological polar surface area (TPSA) is 179 Å². The lowest BCUT2D eigenvalue weighted by atomic mass is 9.85. The number of nitrogens with one attached hydrogen (secondary N) is 5. The van der Waals surface area contributed by atoms with E-state index < -0.39 is 81.6 Å². The molecule has 0 spiro atoms. The van der Waals surface area contributed by atoms with Crippen LogP contribution in [0.25, 0.3) is 0 Å². The predicted molar refractivity (Wildman–Crippen MR) is 176 cm³/mol. The fourth-order valence-electron chi connectivity index (χ4n) is 6.24. The molecule has 2 aliphatic rings. The van der Waals surface area contributed by atoms with Crippen LogP contribution in [0.15, 0.2) is 24.4 Å². The summed E-state index contributed by atoms with van der Waals surface area (Å²) >= 11 is 0. The second-order valence-corrected chi connectivity index (χ2v) is 17.4. The van der Waals surface area contributed by atoms with Crippen molar-refractivity contribution in [3.63, 3.8) is 0 Å². The molecule has 1 aliphatic carbocycles. The van der Waals surface area contributed by atoms with Gasteiger partial charge < -0.3 is 26.2 Å². The lowest BCUT2D eigenvalue weighted by Gasteiger charge is -2.38. The highest BCUT2D eigenvalue weighted by Gasteiger charge is 2.70. The average Bonchev–Trinajstić information content (AvgIpc) is 3.26. The van der Waals surface area contributed by atoms with Crippen LogP contribution in [0.1, 0.15) is 67.5 Å². The fraction of sp³-hybridized carbons (Fsp3) is 0.719. The lowest BCUT2D eigenvalue weighted by Crippen LogP contribution is -2.62. The van der Waals surface area contributed by atoms with Gasteiger partial charge in [-0.3, -0.25) is 19.4 Å². The first kappa shape index (κ1) is 39.0. The van der Waals surface area contributed by atoms with E-state index in [-0.39, 0.29) is 36.9 Å². The van der Waals surface area contributed by atoms with E-state index in [2.05, 4.69) is 31.0 Å². The van der Waals surface area contributed by atoms with E-state index in [1.807, 2.05) is 34.6 Å². The predicted octanol–water partition coefficient (Wildman–Crippen LogP) is 2.00. The molecule has 3 rings (SSSR count). The van der Waals surface area contributed by atoms with E-state index in [0.717, 1.165) is 6.26 Å². The van der Waals surface area contributed by atoms with Gasteiger partial charge in [0.15, 0.2) is 0 Å². The summed E-state index contributed by atoms with van der Waals surface area (Å²) in [4.78, 5) is 59.9. The Hall–Kier alpha value is -3.40.